The first-order valence-corrected chi connectivity index (χ1v) is 9.58. The van der Waals surface area contributed by atoms with Crippen molar-refractivity contribution >= 4 is 17.5 Å². The molecular formula is C20H31N3O3. The highest BCUT2D eigenvalue weighted by Gasteiger charge is 2.29. The third-order valence-electron chi connectivity index (χ3n) is 4.74. The zero-order chi connectivity index (χ0) is 18.9. The van der Waals surface area contributed by atoms with Crippen molar-refractivity contribution in [3.63, 3.8) is 0 Å². The van der Waals surface area contributed by atoms with Crippen LogP contribution in [0.3, 0.4) is 0 Å². The molecular weight excluding hydrogens is 330 g/mol. The van der Waals surface area contributed by atoms with Crippen LogP contribution in [-0.2, 0) is 9.59 Å². The quantitative estimate of drug-likeness (QED) is 0.700. The van der Waals surface area contributed by atoms with Gasteiger partial charge in [0.25, 0.3) is 0 Å². The van der Waals surface area contributed by atoms with Gasteiger partial charge in [0.1, 0.15) is 5.75 Å². The topological polar surface area (TPSA) is 53.1 Å². The molecule has 0 radical (unpaired) electrons. The van der Waals surface area contributed by atoms with E-state index in [0.717, 1.165) is 30.7 Å². The van der Waals surface area contributed by atoms with Gasteiger partial charge >= 0.3 is 11.8 Å². The predicted octanol–water partition coefficient (Wildman–Crippen LogP) is 2.38. The molecule has 0 atom stereocenters. The second-order valence-electron chi connectivity index (χ2n) is 6.60. The number of benzene rings is 1. The van der Waals surface area contributed by atoms with Crippen molar-refractivity contribution in [1.82, 2.24) is 9.80 Å². The van der Waals surface area contributed by atoms with E-state index in [9.17, 15) is 9.59 Å². The fraction of sp³-hybridized carbons (Fsp3) is 0.600. The summed E-state index contributed by atoms with van der Waals surface area (Å²) in [6, 6.07) is 7.89. The van der Waals surface area contributed by atoms with Gasteiger partial charge in [0.2, 0.25) is 0 Å². The molecule has 6 nitrogen and oxygen atoms in total. The molecule has 0 bridgehead atoms. The van der Waals surface area contributed by atoms with E-state index in [1.807, 2.05) is 31.2 Å². The Hall–Kier alpha value is -2.24. The van der Waals surface area contributed by atoms with Gasteiger partial charge in [-0.05, 0) is 25.0 Å². The monoisotopic (exact) mass is 361 g/mol. The number of ether oxygens (including phenoxy) is 1. The van der Waals surface area contributed by atoms with Crippen molar-refractivity contribution in [3.05, 3.63) is 24.3 Å². The van der Waals surface area contributed by atoms with Crippen LogP contribution in [0.1, 0.15) is 33.1 Å². The summed E-state index contributed by atoms with van der Waals surface area (Å²) in [5.74, 6) is 0.109. The highest BCUT2D eigenvalue weighted by molar-refractivity contribution is 6.34. The number of anilines is 1. The minimum absolute atomic E-state index is 0.356. The first kappa shape index (κ1) is 20.1. The molecule has 2 amide bonds. The normalized spacial score (nSPS) is 14.3. The van der Waals surface area contributed by atoms with Crippen LogP contribution in [-0.4, -0.2) is 68.0 Å². The molecule has 1 heterocycles. The van der Waals surface area contributed by atoms with E-state index in [1.54, 1.807) is 16.9 Å². The van der Waals surface area contributed by atoms with Crippen molar-refractivity contribution in [2.75, 3.05) is 51.3 Å². The SMILES string of the molecule is CCCCN(CCC)C(=O)C(=O)N1CCN(c2ccccc2OC)CC1. The minimum atomic E-state index is -0.366. The Morgan fingerprint density at radius 1 is 1.04 bits per heavy atom. The number of hydrogen-bond donors (Lipinski definition) is 0. The van der Waals surface area contributed by atoms with Crippen molar-refractivity contribution in [1.29, 1.82) is 0 Å². The Labute approximate surface area is 156 Å². The third kappa shape index (κ3) is 4.90. The molecule has 0 N–H and O–H groups in total. The summed E-state index contributed by atoms with van der Waals surface area (Å²) in [6.07, 6.45) is 2.81. The van der Waals surface area contributed by atoms with Crippen molar-refractivity contribution < 1.29 is 14.3 Å². The highest BCUT2D eigenvalue weighted by atomic mass is 16.5. The summed E-state index contributed by atoms with van der Waals surface area (Å²) < 4.78 is 5.42. The molecule has 0 aliphatic carbocycles. The summed E-state index contributed by atoms with van der Waals surface area (Å²) in [5, 5.41) is 0. The lowest BCUT2D eigenvalue weighted by atomic mass is 10.2. The molecule has 0 saturated carbocycles. The molecule has 1 saturated heterocycles. The molecule has 26 heavy (non-hydrogen) atoms. The molecule has 0 unspecified atom stereocenters. The number of rotatable bonds is 7. The summed E-state index contributed by atoms with van der Waals surface area (Å²) in [6.45, 7) is 7.93. The van der Waals surface area contributed by atoms with Gasteiger partial charge in [-0.1, -0.05) is 32.4 Å². The number of hydrogen-bond acceptors (Lipinski definition) is 4. The average Bonchev–Trinajstić information content (AvgIpc) is 2.70. The zero-order valence-electron chi connectivity index (χ0n) is 16.2. The molecule has 1 aromatic rings. The lowest BCUT2D eigenvalue weighted by Crippen LogP contribution is -2.53. The fourth-order valence-corrected chi connectivity index (χ4v) is 3.25. The first-order chi connectivity index (χ1) is 12.6. The van der Waals surface area contributed by atoms with Gasteiger partial charge in [0.15, 0.2) is 0 Å². The fourth-order valence-electron chi connectivity index (χ4n) is 3.25. The molecule has 1 aliphatic rings. The smallest absolute Gasteiger partial charge is 0.312 e. The molecule has 144 valence electrons. The van der Waals surface area contributed by atoms with E-state index < -0.39 is 0 Å². The summed E-state index contributed by atoms with van der Waals surface area (Å²) in [7, 11) is 1.66. The maximum atomic E-state index is 12.6. The maximum absolute atomic E-state index is 12.6. The number of carbonyl (C=O) groups is 2. The molecule has 6 heteroatoms. The Kier molecular flexibility index (Phi) is 7.75. The van der Waals surface area contributed by atoms with Crippen LogP contribution in [0.5, 0.6) is 5.75 Å². The highest BCUT2D eigenvalue weighted by Crippen LogP contribution is 2.28. The second-order valence-corrected chi connectivity index (χ2v) is 6.60. The van der Waals surface area contributed by atoms with Gasteiger partial charge in [-0.15, -0.1) is 0 Å². The van der Waals surface area contributed by atoms with E-state index in [1.165, 1.54) is 0 Å². The van der Waals surface area contributed by atoms with Gasteiger partial charge in [0, 0.05) is 39.3 Å². The maximum Gasteiger partial charge on any atom is 0.312 e. The van der Waals surface area contributed by atoms with Crippen molar-refractivity contribution in [3.8, 4) is 5.75 Å². The van der Waals surface area contributed by atoms with Crippen LogP contribution < -0.4 is 9.64 Å². The lowest BCUT2D eigenvalue weighted by Gasteiger charge is -2.37. The molecule has 1 aromatic carbocycles. The van der Waals surface area contributed by atoms with Crippen LogP contribution in [0.2, 0.25) is 0 Å². The van der Waals surface area contributed by atoms with Crippen molar-refractivity contribution in [2.45, 2.75) is 33.1 Å². The van der Waals surface area contributed by atoms with Crippen LogP contribution >= 0.6 is 0 Å². The van der Waals surface area contributed by atoms with Crippen LogP contribution in [0.15, 0.2) is 24.3 Å². The number of piperazine rings is 1. The van der Waals surface area contributed by atoms with Gasteiger partial charge in [-0.2, -0.15) is 0 Å². The van der Waals surface area contributed by atoms with Crippen LogP contribution in [0.4, 0.5) is 5.69 Å². The number of amides is 2. The number of carbonyl (C=O) groups excluding carboxylic acids is 2. The van der Waals surface area contributed by atoms with E-state index in [2.05, 4.69) is 11.8 Å². The van der Waals surface area contributed by atoms with Gasteiger partial charge in [0.05, 0.1) is 12.8 Å². The van der Waals surface area contributed by atoms with E-state index in [0.29, 0.717) is 39.3 Å². The molecule has 0 aromatic heterocycles. The Morgan fingerprint density at radius 3 is 2.35 bits per heavy atom. The average molecular weight is 361 g/mol. The minimum Gasteiger partial charge on any atom is -0.495 e. The molecule has 2 rings (SSSR count). The Balaban J connectivity index is 1.95. The lowest BCUT2D eigenvalue weighted by molar-refractivity contribution is -0.152. The Morgan fingerprint density at radius 2 is 1.73 bits per heavy atom. The number of methoxy groups -OCH3 is 1. The van der Waals surface area contributed by atoms with Crippen LogP contribution in [0.25, 0.3) is 0 Å². The predicted molar refractivity (Wildman–Crippen MR) is 104 cm³/mol. The third-order valence-corrected chi connectivity index (χ3v) is 4.74. The first-order valence-electron chi connectivity index (χ1n) is 9.58. The van der Waals surface area contributed by atoms with Gasteiger partial charge < -0.3 is 19.4 Å². The van der Waals surface area contributed by atoms with E-state index >= 15 is 0 Å². The number of unbranched alkanes of at least 4 members (excludes halogenated alkanes) is 1. The Bertz CT molecular complexity index is 598. The van der Waals surface area contributed by atoms with Gasteiger partial charge in [-0.3, -0.25) is 9.59 Å². The number of para-hydroxylation sites is 2. The molecule has 1 fully saturated rings. The van der Waals surface area contributed by atoms with E-state index in [4.69, 9.17) is 4.74 Å². The summed E-state index contributed by atoms with van der Waals surface area (Å²) >= 11 is 0. The largest absolute Gasteiger partial charge is 0.495 e. The second kappa shape index (κ2) is 10.0. The number of nitrogens with zero attached hydrogens (tertiary/aromatic N) is 3. The summed E-state index contributed by atoms with van der Waals surface area (Å²) in [4.78, 5) is 30.8. The van der Waals surface area contributed by atoms with Crippen molar-refractivity contribution in [2.24, 2.45) is 0 Å². The standard InChI is InChI=1S/C20H31N3O3/c1-4-6-12-22(11-5-2)19(24)20(25)23-15-13-21(14-16-23)17-9-7-8-10-18(17)26-3/h7-10H,4-6,11-16H2,1-3H3. The van der Waals surface area contributed by atoms with Crippen LogP contribution in [0, 0.1) is 0 Å². The molecule has 0 spiro atoms. The van der Waals surface area contributed by atoms with E-state index in [-0.39, 0.29) is 11.8 Å². The zero-order valence-corrected chi connectivity index (χ0v) is 16.2. The van der Waals surface area contributed by atoms with Gasteiger partial charge in [-0.25, -0.2) is 0 Å². The summed E-state index contributed by atoms with van der Waals surface area (Å²) in [5.41, 5.74) is 1.03. The molecule has 1 aliphatic heterocycles.